The maximum atomic E-state index is 13.3. The van der Waals surface area contributed by atoms with Crippen LogP contribution in [0, 0.1) is 0 Å². The fraction of sp³-hybridized carbons (Fsp3) is 0.346. The van der Waals surface area contributed by atoms with Crippen molar-refractivity contribution in [3.63, 3.8) is 0 Å². The molecule has 15 heteroatoms. The van der Waals surface area contributed by atoms with Gasteiger partial charge in [0, 0.05) is 23.2 Å². The highest BCUT2D eigenvalue weighted by Crippen LogP contribution is 2.32. The van der Waals surface area contributed by atoms with Gasteiger partial charge in [-0.1, -0.05) is 11.2 Å². The number of amides is 1. The lowest BCUT2D eigenvalue weighted by Gasteiger charge is -2.24. The summed E-state index contributed by atoms with van der Waals surface area (Å²) < 4.78 is 41.3. The zero-order valence-electron chi connectivity index (χ0n) is 22.7. The third kappa shape index (κ3) is 7.51. The molecule has 1 heterocycles. The van der Waals surface area contributed by atoms with Crippen LogP contribution in [0.2, 0.25) is 0 Å². The number of nitrogens with zero attached hydrogens (tertiary/aromatic N) is 3. The van der Waals surface area contributed by atoms with E-state index in [1.54, 1.807) is 19.9 Å². The lowest BCUT2D eigenvalue weighted by atomic mass is 10.1. The number of Topliss-reactive ketones (excluding diaryl/α,β-unsaturated/α-hetero) is 1. The monoisotopic (exact) mass is 590 g/mol. The summed E-state index contributed by atoms with van der Waals surface area (Å²) in [4.78, 5) is 51.6. The molecule has 1 aliphatic rings. The van der Waals surface area contributed by atoms with Gasteiger partial charge in [0.25, 0.3) is 5.91 Å². The van der Waals surface area contributed by atoms with E-state index < -0.39 is 46.8 Å². The minimum absolute atomic E-state index is 0.00825. The average molecular weight is 591 g/mol. The SMILES string of the molecule is CCOC(=O)COc1ccc(C(=O)CN2Cc3cc(C(N)=NO)ccc3C2=O)cc1N(CC(=O)OCC)S(C)(=O)=O. The van der Waals surface area contributed by atoms with Crippen molar-refractivity contribution in [2.75, 3.05) is 43.5 Å². The highest BCUT2D eigenvalue weighted by atomic mass is 32.2. The molecule has 3 rings (SSSR count). The number of sulfonamides is 1. The van der Waals surface area contributed by atoms with Gasteiger partial charge in [0.05, 0.1) is 31.7 Å². The number of nitrogens with two attached hydrogens (primary N) is 1. The number of fused-ring (bicyclic) bond motifs is 1. The number of ether oxygens (including phenoxy) is 3. The molecule has 1 amide bonds. The lowest BCUT2D eigenvalue weighted by Crippen LogP contribution is -2.36. The number of carbonyl (C=O) groups is 4. The van der Waals surface area contributed by atoms with Crippen LogP contribution in [0.15, 0.2) is 41.6 Å². The highest BCUT2D eigenvalue weighted by Gasteiger charge is 2.31. The molecule has 41 heavy (non-hydrogen) atoms. The summed E-state index contributed by atoms with van der Waals surface area (Å²) in [7, 11) is -4.10. The molecule has 0 spiro atoms. The standard InChI is InChI=1S/C26H30N4O10S/c1-4-38-23(32)14-30(41(3,36)37)20-11-16(7-9-22(20)40-15-24(33)39-5-2)21(31)13-29-12-18-10-17(25(27)28-35)6-8-19(18)26(29)34/h6-11,35H,4-5,12-15H2,1-3H3,(H2,27,28). The molecule has 1 aliphatic heterocycles. The fourth-order valence-electron chi connectivity index (χ4n) is 4.04. The second-order valence-corrected chi connectivity index (χ2v) is 10.7. The second-order valence-electron chi connectivity index (χ2n) is 8.79. The van der Waals surface area contributed by atoms with Crippen LogP contribution in [0.3, 0.4) is 0 Å². The van der Waals surface area contributed by atoms with Crippen LogP contribution < -0.4 is 14.8 Å². The van der Waals surface area contributed by atoms with Gasteiger partial charge in [0.15, 0.2) is 18.2 Å². The molecule has 0 unspecified atom stereocenters. The van der Waals surface area contributed by atoms with Gasteiger partial charge in [-0.3, -0.25) is 18.7 Å². The molecule has 3 N–H and O–H groups in total. The van der Waals surface area contributed by atoms with Crippen molar-refractivity contribution < 1.29 is 47.0 Å². The molecule has 0 saturated heterocycles. The zero-order chi connectivity index (χ0) is 30.3. The van der Waals surface area contributed by atoms with Crippen LogP contribution >= 0.6 is 0 Å². The van der Waals surface area contributed by atoms with E-state index in [1.165, 1.54) is 35.2 Å². The average Bonchev–Trinajstić information content (AvgIpc) is 3.23. The number of hydrogen-bond acceptors (Lipinski definition) is 11. The lowest BCUT2D eigenvalue weighted by molar-refractivity contribution is -0.145. The molecule has 0 radical (unpaired) electrons. The fourth-order valence-corrected chi connectivity index (χ4v) is 4.88. The first-order valence-corrected chi connectivity index (χ1v) is 14.2. The summed E-state index contributed by atoms with van der Waals surface area (Å²) in [6.07, 6.45) is 0.860. The van der Waals surface area contributed by atoms with Crippen LogP contribution in [0.5, 0.6) is 5.75 Å². The van der Waals surface area contributed by atoms with Crippen molar-refractivity contribution in [3.05, 3.63) is 58.7 Å². The van der Waals surface area contributed by atoms with E-state index in [2.05, 4.69) is 5.16 Å². The summed E-state index contributed by atoms with van der Waals surface area (Å²) in [5.74, 6) is -2.75. The molecule has 0 fully saturated rings. The van der Waals surface area contributed by atoms with Crippen LogP contribution in [-0.4, -0.2) is 87.2 Å². The van der Waals surface area contributed by atoms with Crippen molar-refractivity contribution in [1.29, 1.82) is 0 Å². The number of esters is 2. The third-order valence-corrected chi connectivity index (χ3v) is 7.03. The van der Waals surface area contributed by atoms with Crippen molar-refractivity contribution in [2.24, 2.45) is 10.9 Å². The quantitative estimate of drug-likeness (QED) is 0.0840. The number of carbonyl (C=O) groups excluding carboxylic acids is 4. The van der Waals surface area contributed by atoms with Gasteiger partial charge in [-0.05, 0) is 49.7 Å². The molecule has 2 aromatic carbocycles. The van der Waals surface area contributed by atoms with Gasteiger partial charge in [0.2, 0.25) is 10.0 Å². The largest absolute Gasteiger partial charge is 0.480 e. The predicted octanol–water partition coefficient (Wildman–Crippen LogP) is 0.891. The number of benzene rings is 2. The van der Waals surface area contributed by atoms with Crippen molar-refractivity contribution in [2.45, 2.75) is 20.4 Å². The highest BCUT2D eigenvalue weighted by molar-refractivity contribution is 7.92. The van der Waals surface area contributed by atoms with E-state index in [4.69, 9.17) is 25.2 Å². The van der Waals surface area contributed by atoms with Gasteiger partial charge in [-0.25, -0.2) is 13.2 Å². The molecule has 14 nitrogen and oxygen atoms in total. The molecular weight excluding hydrogens is 560 g/mol. The Morgan fingerprint density at radius 2 is 1.71 bits per heavy atom. The van der Waals surface area contributed by atoms with Gasteiger partial charge in [-0.15, -0.1) is 0 Å². The van der Waals surface area contributed by atoms with E-state index in [0.717, 1.165) is 6.26 Å². The van der Waals surface area contributed by atoms with Crippen LogP contribution in [0.25, 0.3) is 0 Å². The molecule has 0 aliphatic carbocycles. The Kier molecular flexibility index (Phi) is 9.89. The van der Waals surface area contributed by atoms with Crippen LogP contribution in [-0.2, 0) is 35.6 Å². The van der Waals surface area contributed by atoms with E-state index in [9.17, 15) is 27.6 Å². The number of anilines is 1. The first-order chi connectivity index (χ1) is 19.4. The minimum atomic E-state index is -4.10. The summed E-state index contributed by atoms with van der Waals surface area (Å²) in [6, 6.07) is 8.45. The molecular formula is C26H30N4O10S. The van der Waals surface area contributed by atoms with E-state index in [-0.39, 0.29) is 49.1 Å². The van der Waals surface area contributed by atoms with Gasteiger partial charge < -0.3 is 30.1 Å². The smallest absolute Gasteiger partial charge is 0.344 e. The molecule has 0 bridgehead atoms. The minimum Gasteiger partial charge on any atom is -0.480 e. The number of oxime groups is 1. The summed E-state index contributed by atoms with van der Waals surface area (Å²) >= 11 is 0. The summed E-state index contributed by atoms with van der Waals surface area (Å²) in [5, 5.41) is 11.9. The molecule has 0 saturated carbocycles. The van der Waals surface area contributed by atoms with Crippen molar-refractivity contribution in [3.8, 4) is 5.75 Å². The Balaban J connectivity index is 1.92. The van der Waals surface area contributed by atoms with E-state index >= 15 is 0 Å². The summed E-state index contributed by atoms with van der Waals surface area (Å²) in [6.45, 7) is 1.73. The Morgan fingerprint density at radius 1 is 1.05 bits per heavy atom. The molecule has 220 valence electrons. The first kappa shape index (κ1) is 30.9. The van der Waals surface area contributed by atoms with Gasteiger partial charge in [0.1, 0.15) is 12.3 Å². The normalized spacial score (nSPS) is 13.0. The number of rotatable bonds is 13. The molecule has 0 atom stereocenters. The van der Waals surface area contributed by atoms with Gasteiger partial charge >= 0.3 is 11.9 Å². The van der Waals surface area contributed by atoms with Crippen molar-refractivity contribution in [1.82, 2.24) is 4.90 Å². The Hall–Kier alpha value is -4.66. The number of ketones is 1. The van der Waals surface area contributed by atoms with E-state index in [0.29, 0.717) is 21.0 Å². The van der Waals surface area contributed by atoms with Crippen LogP contribution in [0.4, 0.5) is 5.69 Å². The molecule has 2 aromatic rings. The Bertz CT molecular complexity index is 1490. The maximum absolute atomic E-state index is 13.3. The number of amidine groups is 1. The maximum Gasteiger partial charge on any atom is 0.344 e. The number of hydrogen-bond donors (Lipinski definition) is 2. The van der Waals surface area contributed by atoms with Crippen LogP contribution in [0.1, 0.15) is 45.7 Å². The Labute approximate surface area is 236 Å². The van der Waals surface area contributed by atoms with Gasteiger partial charge in [-0.2, -0.15) is 0 Å². The zero-order valence-corrected chi connectivity index (χ0v) is 23.5. The third-order valence-electron chi connectivity index (χ3n) is 5.90. The molecule has 0 aromatic heterocycles. The van der Waals surface area contributed by atoms with Crippen molar-refractivity contribution >= 4 is 45.2 Å². The Morgan fingerprint density at radius 3 is 2.34 bits per heavy atom. The predicted molar refractivity (Wildman–Crippen MR) is 145 cm³/mol. The summed E-state index contributed by atoms with van der Waals surface area (Å²) in [5.41, 5.74) is 6.79. The second kappa shape index (κ2) is 13.1. The topological polar surface area (TPSA) is 195 Å². The van der Waals surface area contributed by atoms with E-state index in [1.807, 2.05) is 0 Å². The first-order valence-electron chi connectivity index (χ1n) is 12.4.